The van der Waals surface area contributed by atoms with Gasteiger partial charge in [-0.3, -0.25) is 4.79 Å². The lowest BCUT2D eigenvalue weighted by atomic mass is 10.1. The van der Waals surface area contributed by atoms with Crippen molar-refractivity contribution in [2.24, 2.45) is 0 Å². The van der Waals surface area contributed by atoms with E-state index in [2.05, 4.69) is 5.32 Å². The summed E-state index contributed by atoms with van der Waals surface area (Å²) in [5.74, 6) is -0.334. The van der Waals surface area contributed by atoms with E-state index in [9.17, 15) is 9.18 Å². The fourth-order valence-electron chi connectivity index (χ4n) is 2.38. The van der Waals surface area contributed by atoms with Crippen molar-refractivity contribution >= 4 is 17.5 Å². The molecule has 0 spiro atoms. The highest BCUT2D eigenvalue weighted by Crippen LogP contribution is 2.21. The Morgan fingerprint density at radius 1 is 1.25 bits per heavy atom. The van der Waals surface area contributed by atoms with Gasteiger partial charge in [-0.25, -0.2) is 4.39 Å². The van der Waals surface area contributed by atoms with E-state index >= 15 is 0 Å². The topological polar surface area (TPSA) is 41.6 Å². The van der Waals surface area contributed by atoms with Crippen LogP contribution in [-0.4, -0.2) is 38.6 Å². The predicted octanol–water partition coefficient (Wildman–Crippen LogP) is 3.52. The molecule has 24 heavy (non-hydrogen) atoms. The number of carbonyl (C=O) groups is 1. The van der Waals surface area contributed by atoms with Crippen LogP contribution >= 0.6 is 11.6 Å². The second kappa shape index (κ2) is 8.13. The van der Waals surface area contributed by atoms with Crippen molar-refractivity contribution in [3.63, 3.8) is 0 Å². The highest BCUT2D eigenvalue weighted by Gasteiger charge is 2.17. The summed E-state index contributed by atoms with van der Waals surface area (Å²) in [5.41, 5.74) is 1.00. The molecule has 1 N–H and O–H groups in total. The molecule has 1 unspecified atom stereocenters. The Morgan fingerprint density at radius 2 is 1.92 bits per heavy atom. The Labute approximate surface area is 146 Å². The molecule has 0 saturated carbocycles. The zero-order chi connectivity index (χ0) is 17.7. The van der Waals surface area contributed by atoms with E-state index in [-0.39, 0.29) is 16.6 Å². The van der Waals surface area contributed by atoms with Crippen LogP contribution in [0.15, 0.2) is 42.5 Å². The molecule has 0 aliphatic carbocycles. The van der Waals surface area contributed by atoms with Crippen molar-refractivity contribution < 1.29 is 13.9 Å². The Kier molecular flexibility index (Phi) is 6.17. The van der Waals surface area contributed by atoms with Gasteiger partial charge in [0, 0.05) is 11.6 Å². The third kappa shape index (κ3) is 4.46. The SMILES string of the molecule is COc1ccc(C(CNC(=O)c2ccc(Cl)cc2F)N(C)C)cc1. The minimum Gasteiger partial charge on any atom is -0.497 e. The average Bonchev–Trinajstić information content (AvgIpc) is 2.55. The molecule has 2 aromatic carbocycles. The number of hydrogen-bond donors (Lipinski definition) is 1. The lowest BCUT2D eigenvalue weighted by Gasteiger charge is -2.25. The molecule has 0 aliphatic rings. The van der Waals surface area contributed by atoms with Crippen LogP contribution in [0, 0.1) is 5.82 Å². The Balaban J connectivity index is 2.09. The van der Waals surface area contributed by atoms with Gasteiger partial charge >= 0.3 is 0 Å². The maximum absolute atomic E-state index is 13.8. The van der Waals surface area contributed by atoms with E-state index in [1.807, 2.05) is 43.3 Å². The van der Waals surface area contributed by atoms with Gasteiger partial charge in [-0.1, -0.05) is 23.7 Å². The van der Waals surface area contributed by atoms with Crippen LogP contribution in [0.2, 0.25) is 5.02 Å². The molecule has 4 nitrogen and oxygen atoms in total. The number of ether oxygens (including phenoxy) is 1. The van der Waals surface area contributed by atoms with E-state index in [1.165, 1.54) is 12.1 Å². The average molecular weight is 351 g/mol. The third-order valence-corrected chi connectivity index (χ3v) is 3.99. The van der Waals surface area contributed by atoms with Crippen molar-refractivity contribution in [2.45, 2.75) is 6.04 Å². The van der Waals surface area contributed by atoms with Gasteiger partial charge in [-0.2, -0.15) is 0 Å². The summed E-state index contributed by atoms with van der Waals surface area (Å²) >= 11 is 5.71. The molecule has 2 aromatic rings. The van der Waals surface area contributed by atoms with Gasteiger partial charge in [-0.15, -0.1) is 0 Å². The quantitative estimate of drug-likeness (QED) is 0.866. The van der Waals surface area contributed by atoms with Crippen LogP contribution in [0.5, 0.6) is 5.75 Å². The van der Waals surface area contributed by atoms with Crippen molar-refractivity contribution in [1.29, 1.82) is 0 Å². The van der Waals surface area contributed by atoms with Crippen LogP contribution in [0.1, 0.15) is 22.0 Å². The zero-order valence-electron chi connectivity index (χ0n) is 13.8. The van der Waals surface area contributed by atoms with Gasteiger partial charge < -0.3 is 15.0 Å². The number of amides is 1. The number of likely N-dealkylation sites (N-methyl/N-ethyl adjacent to an activating group) is 1. The summed E-state index contributed by atoms with van der Waals surface area (Å²) in [6.45, 7) is 0.347. The molecule has 0 heterocycles. The van der Waals surface area contributed by atoms with E-state index < -0.39 is 11.7 Å². The first kappa shape index (κ1) is 18.2. The van der Waals surface area contributed by atoms with Crippen molar-refractivity contribution in [2.75, 3.05) is 27.7 Å². The van der Waals surface area contributed by atoms with E-state index in [4.69, 9.17) is 16.3 Å². The molecule has 0 bridgehead atoms. The summed E-state index contributed by atoms with van der Waals surface area (Å²) < 4.78 is 19.0. The molecule has 2 rings (SSSR count). The highest BCUT2D eigenvalue weighted by atomic mass is 35.5. The summed E-state index contributed by atoms with van der Waals surface area (Å²) in [6.07, 6.45) is 0. The van der Waals surface area contributed by atoms with Gasteiger partial charge in [0.2, 0.25) is 0 Å². The largest absolute Gasteiger partial charge is 0.497 e. The third-order valence-electron chi connectivity index (χ3n) is 3.76. The second-order valence-corrected chi connectivity index (χ2v) is 6.02. The van der Waals surface area contributed by atoms with Gasteiger partial charge in [0.15, 0.2) is 0 Å². The predicted molar refractivity (Wildman–Crippen MR) is 93.2 cm³/mol. The number of benzene rings is 2. The maximum Gasteiger partial charge on any atom is 0.254 e. The van der Waals surface area contributed by atoms with Crippen LogP contribution in [-0.2, 0) is 0 Å². The smallest absolute Gasteiger partial charge is 0.254 e. The number of rotatable bonds is 6. The number of halogens is 2. The Bertz CT molecular complexity index is 705. The molecule has 1 atom stereocenters. The standard InChI is InChI=1S/C18H20ClFN2O2/c1-22(2)17(12-4-7-14(24-3)8-5-12)11-21-18(23)15-9-6-13(19)10-16(15)20/h4-10,17H,11H2,1-3H3,(H,21,23). The van der Waals surface area contributed by atoms with Gasteiger partial charge in [0.1, 0.15) is 11.6 Å². The minimum atomic E-state index is -0.633. The monoisotopic (exact) mass is 350 g/mol. The molecule has 0 aliphatic heterocycles. The van der Waals surface area contributed by atoms with E-state index in [0.29, 0.717) is 6.54 Å². The molecule has 1 amide bonds. The van der Waals surface area contributed by atoms with Crippen LogP contribution in [0.3, 0.4) is 0 Å². The minimum absolute atomic E-state index is 0.0216. The summed E-state index contributed by atoms with van der Waals surface area (Å²) in [6, 6.07) is 11.6. The second-order valence-electron chi connectivity index (χ2n) is 5.59. The number of methoxy groups -OCH3 is 1. The summed E-state index contributed by atoms with van der Waals surface area (Å²) in [7, 11) is 5.45. The number of nitrogens with one attached hydrogen (secondary N) is 1. The molecular weight excluding hydrogens is 331 g/mol. The number of nitrogens with zero attached hydrogens (tertiary/aromatic N) is 1. The lowest BCUT2D eigenvalue weighted by Crippen LogP contribution is -2.34. The lowest BCUT2D eigenvalue weighted by molar-refractivity contribution is 0.0938. The molecule has 0 saturated heterocycles. The Morgan fingerprint density at radius 3 is 2.46 bits per heavy atom. The molecule has 0 fully saturated rings. The van der Waals surface area contributed by atoms with Crippen molar-refractivity contribution in [1.82, 2.24) is 10.2 Å². The van der Waals surface area contributed by atoms with Crippen LogP contribution in [0.4, 0.5) is 4.39 Å². The van der Waals surface area contributed by atoms with Gasteiger partial charge in [-0.05, 0) is 50.0 Å². The van der Waals surface area contributed by atoms with Gasteiger partial charge in [0.05, 0.1) is 18.7 Å². The normalized spacial score (nSPS) is 12.1. The number of hydrogen-bond acceptors (Lipinski definition) is 3. The first-order valence-corrected chi connectivity index (χ1v) is 7.83. The molecular formula is C18H20ClFN2O2. The molecule has 6 heteroatoms. The number of carbonyl (C=O) groups excluding carboxylic acids is 1. The summed E-state index contributed by atoms with van der Waals surface area (Å²) in [4.78, 5) is 14.2. The van der Waals surface area contributed by atoms with E-state index in [0.717, 1.165) is 17.4 Å². The van der Waals surface area contributed by atoms with Crippen LogP contribution < -0.4 is 10.1 Å². The van der Waals surface area contributed by atoms with Crippen molar-refractivity contribution in [3.05, 3.63) is 64.4 Å². The van der Waals surface area contributed by atoms with Crippen LogP contribution in [0.25, 0.3) is 0 Å². The Hall–Kier alpha value is -2.11. The summed E-state index contributed by atoms with van der Waals surface area (Å²) in [5, 5.41) is 3.03. The molecule has 128 valence electrons. The fraction of sp³-hybridized carbons (Fsp3) is 0.278. The maximum atomic E-state index is 13.8. The van der Waals surface area contributed by atoms with Gasteiger partial charge in [0.25, 0.3) is 5.91 Å². The highest BCUT2D eigenvalue weighted by molar-refractivity contribution is 6.30. The first-order valence-electron chi connectivity index (χ1n) is 7.46. The fourth-order valence-corrected chi connectivity index (χ4v) is 2.54. The molecule has 0 aromatic heterocycles. The molecule has 0 radical (unpaired) electrons. The van der Waals surface area contributed by atoms with E-state index in [1.54, 1.807) is 7.11 Å². The van der Waals surface area contributed by atoms with Crippen molar-refractivity contribution in [3.8, 4) is 5.75 Å². The first-order chi connectivity index (χ1) is 11.4. The zero-order valence-corrected chi connectivity index (χ0v) is 14.6.